The molecule has 0 aromatic carbocycles. The first-order chi connectivity index (χ1) is 12.2. The van der Waals surface area contributed by atoms with E-state index < -0.39 is 0 Å². The average molecular weight is 346 g/mol. The second kappa shape index (κ2) is 6.94. The number of nitrogens with one attached hydrogen (secondary N) is 1. The van der Waals surface area contributed by atoms with E-state index in [0.29, 0.717) is 31.6 Å². The Morgan fingerprint density at radius 1 is 1.36 bits per heavy atom. The van der Waals surface area contributed by atoms with Gasteiger partial charge in [0.2, 0.25) is 0 Å². The summed E-state index contributed by atoms with van der Waals surface area (Å²) in [6, 6.07) is 0.583. The number of nitrogens with zero attached hydrogens (tertiary/aromatic N) is 4. The molecule has 1 unspecified atom stereocenters. The van der Waals surface area contributed by atoms with Gasteiger partial charge in [-0.2, -0.15) is 0 Å². The number of nitrogens with two attached hydrogens (primary N) is 1. The minimum absolute atomic E-state index is 0.0164. The van der Waals surface area contributed by atoms with Gasteiger partial charge in [-0.3, -0.25) is 0 Å². The summed E-state index contributed by atoms with van der Waals surface area (Å²) in [5.74, 6) is 1.31. The first-order valence-electron chi connectivity index (χ1n) is 9.84. The number of aromatic nitrogens is 3. The summed E-state index contributed by atoms with van der Waals surface area (Å²) < 4.78 is 2.08. The molecular weight excluding hydrogens is 316 g/mol. The Hall–Kier alpha value is -1.63. The third-order valence-electron chi connectivity index (χ3n) is 6.34. The van der Waals surface area contributed by atoms with Crippen LogP contribution in [-0.2, 0) is 13.0 Å². The van der Waals surface area contributed by atoms with Crippen molar-refractivity contribution in [1.29, 1.82) is 0 Å². The minimum Gasteiger partial charge on any atom is -0.334 e. The number of rotatable bonds is 4. The highest BCUT2D eigenvalue weighted by Crippen LogP contribution is 2.38. The third-order valence-corrected chi connectivity index (χ3v) is 6.34. The topological polar surface area (TPSA) is 89.1 Å². The SMILES string of the molecule is CC1CC(n2nnc3c2CN(C(=O)NC(CN)C2CCCC2)CC3)C1. The second-order valence-electron chi connectivity index (χ2n) is 8.17. The molecule has 25 heavy (non-hydrogen) atoms. The van der Waals surface area contributed by atoms with Crippen LogP contribution in [0.2, 0.25) is 0 Å². The van der Waals surface area contributed by atoms with E-state index in [4.69, 9.17) is 5.73 Å². The van der Waals surface area contributed by atoms with Crippen molar-refractivity contribution in [3.8, 4) is 0 Å². The Balaban J connectivity index is 1.41. The Morgan fingerprint density at radius 3 is 2.80 bits per heavy atom. The molecule has 1 aromatic heterocycles. The van der Waals surface area contributed by atoms with Gasteiger partial charge in [0.25, 0.3) is 0 Å². The third kappa shape index (κ3) is 3.26. The van der Waals surface area contributed by atoms with Crippen molar-refractivity contribution in [3.63, 3.8) is 0 Å². The largest absolute Gasteiger partial charge is 0.334 e. The first-order valence-corrected chi connectivity index (χ1v) is 9.84. The van der Waals surface area contributed by atoms with Crippen LogP contribution in [0.3, 0.4) is 0 Å². The minimum atomic E-state index is 0.0164. The van der Waals surface area contributed by atoms with E-state index in [1.807, 2.05) is 4.90 Å². The van der Waals surface area contributed by atoms with E-state index in [9.17, 15) is 4.79 Å². The first kappa shape index (κ1) is 16.8. The van der Waals surface area contributed by atoms with Crippen molar-refractivity contribution in [2.75, 3.05) is 13.1 Å². The fourth-order valence-electron chi connectivity index (χ4n) is 4.71. The molecule has 2 heterocycles. The van der Waals surface area contributed by atoms with Gasteiger partial charge >= 0.3 is 6.03 Å². The summed E-state index contributed by atoms with van der Waals surface area (Å²) in [4.78, 5) is 14.7. The molecule has 138 valence electrons. The predicted octanol–water partition coefficient (Wildman–Crippen LogP) is 1.83. The number of hydrogen-bond donors (Lipinski definition) is 2. The molecule has 0 spiro atoms. The summed E-state index contributed by atoms with van der Waals surface area (Å²) in [6.45, 7) is 4.12. The van der Waals surface area contributed by atoms with E-state index in [1.165, 1.54) is 38.5 Å². The molecule has 1 aromatic rings. The summed E-state index contributed by atoms with van der Waals surface area (Å²) in [5.41, 5.74) is 8.13. The highest BCUT2D eigenvalue weighted by molar-refractivity contribution is 5.74. The van der Waals surface area contributed by atoms with E-state index in [1.54, 1.807) is 0 Å². The molecule has 3 aliphatic rings. The molecule has 2 saturated carbocycles. The van der Waals surface area contributed by atoms with E-state index in [2.05, 4.69) is 27.2 Å². The smallest absolute Gasteiger partial charge is 0.318 e. The molecule has 4 rings (SSSR count). The Morgan fingerprint density at radius 2 is 2.12 bits per heavy atom. The molecule has 1 atom stereocenters. The summed E-state index contributed by atoms with van der Waals surface area (Å²) in [7, 11) is 0. The van der Waals surface area contributed by atoms with Crippen LogP contribution in [0, 0.1) is 11.8 Å². The lowest BCUT2D eigenvalue weighted by Gasteiger charge is -2.35. The monoisotopic (exact) mass is 346 g/mol. The van der Waals surface area contributed by atoms with Gasteiger partial charge in [0.1, 0.15) is 0 Å². The Kier molecular flexibility index (Phi) is 4.67. The van der Waals surface area contributed by atoms with Crippen molar-refractivity contribution in [1.82, 2.24) is 25.2 Å². The number of fused-ring (bicyclic) bond motifs is 1. The van der Waals surface area contributed by atoms with Crippen LogP contribution in [0.4, 0.5) is 4.79 Å². The Bertz CT molecular complexity index is 617. The van der Waals surface area contributed by atoms with Crippen LogP contribution in [0.1, 0.15) is 62.9 Å². The standard InChI is InChI=1S/C18H30N6O/c1-12-8-14(9-12)24-17-11-23(7-6-15(17)21-22-24)18(25)20-16(10-19)13-4-2-3-5-13/h12-14,16H,2-11,19H2,1H3,(H,20,25). The van der Waals surface area contributed by atoms with Crippen LogP contribution < -0.4 is 11.1 Å². The van der Waals surface area contributed by atoms with Gasteiger partial charge in [-0.1, -0.05) is 25.0 Å². The van der Waals surface area contributed by atoms with Crippen LogP contribution in [0.5, 0.6) is 0 Å². The van der Waals surface area contributed by atoms with Crippen LogP contribution in [-0.4, -0.2) is 45.1 Å². The fourth-order valence-corrected chi connectivity index (χ4v) is 4.71. The number of carbonyl (C=O) groups is 1. The van der Waals surface area contributed by atoms with Crippen LogP contribution >= 0.6 is 0 Å². The van der Waals surface area contributed by atoms with Gasteiger partial charge < -0.3 is 16.0 Å². The molecule has 7 heteroatoms. The molecular formula is C18H30N6O. The van der Waals surface area contributed by atoms with Gasteiger partial charge in [0.15, 0.2) is 0 Å². The molecule has 2 aliphatic carbocycles. The van der Waals surface area contributed by atoms with Crippen molar-refractivity contribution in [2.45, 2.75) is 70.5 Å². The molecule has 0 saturated heterocycles. The van der Waals surface area contributed by atoms with E-state index >= 15 is 0 Å². The summed E-state index contributed by atoms with van der Waals surface area (Å²) >= 11 is 0. The maximum atomic E-state index is 12.8. The van der Waals surface area contributed by atoms with Crippen molar-refractivity contribution >= 4 is 6.03 Å². The molecule has 7 nitrogen and oxygen atoms in total. The van der Waals surface area contributed by atoms with E-state index in [-0.39, 0.29) is 12.1 Å². The maximum absolute atomic E-state index is 12.8. The molecule has 1 aliphatic heterocycles. The molecule has 2 fully saturated rings. The van der Waals surface area contributed by atoms with E-state index in [0.717, 1.165) is 23.7 Å². The average Bonchev–Trinajstić information content (AvgIpc) is 3.25. The zero-order valence-electron chi connectivity index (χ0n) is 15.2. The van der Waals surface area contributed by atoms with Crippen molar-refractivity contribution < 1.29 is 4.79 Å². The lowest BCUT2D eigenvalue weighted by molar-refractivity contribution is 0.169. The predicted molar refractivity (Wildman–Crippen MR) is 94.9 cm³/mol. The van der Waals surface area contributed by atoms with Crippen molar-refractivity contribution in [2.24, 2.45) is 17.6 Å². The highest BCUT2D eigenvalue weighted by atomic mass is 16.2. The maximum Gasteiger partial charge on any atom is 0.318 e. The van der Waals surface area contributed by atoms with Crippen molar-refractivity contribution in [3.05, 3.63) is 11.4 Å². The highest BCUT2D eigenvalue weighted by Gasteiger charge is 2.34. The van der Waals surface area contributed by atoms with Gasteiger partial charge in [-0.05, 0) is 37.5 Å². The molecule has 3 N–H and O–H groups in total. The van der Waals surface area contributed by atoms with Gasteiger partial charge in [-0.25, -0.2) is 9.48 Å². The lowest BCUT2D eigenvalue weighted by atomic mass is 9.82. The second-order valence-corrected chi connectivity index (χ2v) is 8.17. The number of urea groups is 1. The zero-order chi connectivity index (χ0) is 17.4. The van der Waals surface area contributed by atoms with Crippen LogP contribution in [0.25, 0.3) is 0 Å². The van der Waals surface area contributed by atoms with Crippen LogP contribution in [0.15, 0.2) is 0 Å². The normalized spacial score (nSPS) is 27.7. The molecule has 0 radical (unpaired) electrons. The van der Waals surface area contributed by atoms with Gasteiger partial charge in [0.05, 0.1) is 24.0 Å². The Labute approximate surface area is 149 Å². The molecule has 2 amide bonds. The fraction of sp³-hybridized carbons (Fsp3) is 0.833. The lowest BCUT2D eigenvalue weighted by Crippen LogP contribution is -2.51. The summed E-state index contributed by atoms with van der Waals surface area (Å²) in [6.07, 6.45) is 8.01. The number of amides is 2. The summed E-state index contributed by atoms with van der Waals surface area (Å²) in [5, 5.41) is 11.9. The van der Waals surface area contributed by atoms with Gasteiger partial charge in [0, 0.05) is 25.6 Å². The number of carbonyl (C=O) groups excluding carboxylic acids is 1. The van der Waals surface area contributed by atoms with Gasteiger partial charge in [-0.15, -0.1) is 5.10 Å². The number of hydrogen-bond acceptors (Lipinski definition) is 4. The quantitative estimate of drug-likeness (QED) is 0.870. The zero-order valence-corrected chi connectivity index (χ0v) is 15.2. The molecule has 0 bridgehead atoms.